The lowest BCUT2D eigenvalue weighted by Gasteiger charge is -2.10. The van der Waals surface area contributed by atoms with E-state index in [1.54, 1.807) is 12.1 Å². The van der Waals surface area contributed by atoms with Crippen molar-refractivity contribution in [3.05, 3.63) is 72.4 Å². The summed E-state index contributed by atoms with van der Waals surface area (Å²) in [5.74, 6) is 0. The largest absolute Gasteiger partial charge is 0.317 e. The molecule has 0 spiro atoms. The Morgan fingerprint density at radius 3 is 2.09 bits per heavy atom. The molecule has 0 radical (unpaired) electrons. The highest BCUT2D eigenvalue weighted by Gasteiger charge is 2.09. The van der Waals surface area contributed by atoms with Crippen molar-refractivity contribution in [1.29, 1.82) is 0 Å². The molecule has 0 aliphatic heterocycles. The lowest BCUT2D eigenvalue weighted by molar-refractivity contribution is 0.602. The van der Waals surface area contributed by atoms with Crippen LogP contribution in [0.3, 0.4) is 0 Å². The van der Waals surface area contributed by atoms with E-state index >= 15 is 0 Å². The highest BCUT2D eigenvalue weighted by molar-refractivity contribution is 7.90. The Bertz CT molecular complexity index is 889. The second-order valence-corrected chi connectivity index (χ2v) is 7.41. The summed E-state index contributed by atoms with van der Waals surface area (Å²) in [5.41, 5.74) is 4.31. The number of rotatable bonds is 3. The summed E-state index contributed by atoms with van der Waals surface area (Å²) in [7, 11) is -3.16. The van der Waals surface area contributed by atoms with Gasteiger partial charge in [0.25, 0.3) is 0 Å². The van der Waals surface area contributed by atoms with Gasteiger partial charge in [0.15, 0.2) is 9.84 Å². The Kier molecular flexibility index (Phi) is 3.62. The Morgan fingerprint density at radius 2 is 1.50 bits per heavy atom. The average molecular weight is 311 g/mol. The molecule has 0 atom stereocenters. The van der Waals surface area contributed by atoms with Crippen LogP contribution in [-0.2, 0) is 9.84 Å². The van der Waals surface area contributed by atoms with E-state index in [4.69, 9.17) is 0 Å². The van der Waals surface area contributed by atoms with Crippen molar-refractivity contribution >= 4 is 9.84 Å². The smallest absolute Gasteiger partial charge is 0.175 e. The van der Waals surface area contributed by atoms with Crippen LogP contribution in [0.5, 0.6) is 0 Å². The molecule has 1 aromatic heterocycles. The number of aromatic nitrogens is 1. The summed E-state index contributed by atoms with van der Waals surface area (Å²) in [5, 5.41) is 0. The van der Waals surface area contributed by atoms with E-state index in [1.165, 1.54) is 11.8 Å². The average Bonchev–Trinajstić information content (AvgIpc) is 2.97. The normalized spacial score (nSPS) is 11.5. The van der Waals surface area contributed by atoms with E-state index in [0.717, 1.165) is 16.9 Å². The molecule has 112 valence electrons. The van der Waals surface area contributed by atoms with E-state index < -0.39 is 9.84 Å². The minimum atomic E-state index is -3.16. The lowest BCUT2D eigenvalue weighted by Crippen LogP contribution is -1.98. The summed E-state index contributed by atoms with van der Waals surface area (Å²) in [4.78, 5) is 0.338. The molecule has 3 rings (SSSR count). The van der Waals surface area contributed by atoms with Crippen LogP contribution >= 0.6 is 0 Å². The van der Waals surface area contributed by atoms with Crippen molar-refractivity contribution in [2.75, 3.05) is 6.26 Å². The molecule has 0 N–H and O–H groups in total. The Balaban J connectivity index is 2.03. The number of hydrogen-bond donors (Lipinski definition) is 0. The molecule has 3 nitrogen and oxygen atoms in total. The number of nitrogens with zero attached hydrogens (tertiary/aromatic N) is 1. The van der Waals surface area contributed by atoms with Gasteiger partial charge in [-0.25, -0.2) is 8.42 Å². The van der Waals surface area contributed by atoms with Crippen LogP contribution in [0.2, 0.25) is 0 Å². The second-order valence-electron chi connectivity index (χ2n) is 5.40. The first kappa shape index (κ1) is 14.6. The first-order valence-corrected chi connectivity index (χ1v) is 8.89. The number of benzene rings is 2. The summed E-state index contributed by atoms with van der Waals surface area (Å²) in [6.07, 6.45) is 3.22. The summed E-state index contributed by atoms with van der Waals surface area (Å²) >= 11 is 0. The standard InChI is InChI=1S/C18H17NO2S/c1-14-5-9-16(10-6-14)19-13-3-4-18(19)15-7-11-17(12-8-15)22(2,20)21/h3-13H,1-2H3. The van der Waals surface area contributed by atoms with E-state index in [2.05, 4.69) is 35.8 Å². The third kappa shape index (κ3) is 2.83. The summed E-state index contributed by atoms with van der Waals surface area (Å²) in [6.45, 7) is 2.06. The summed E-state index contributed by atoms with van der Waals surface area (Å²) < 4.78 is 25.2. The topological polar surface area (TPSA) is 39.1 Å². The Labute approximate surface area is 130 Å². The molecule has 0 amide bonds. The van der Waals surface area contributed by atoms with E-state index in [1.807, 2.05) is 30.5 Å². The van der Waals surface area contributed by atoms with Crippen molar-refractivity contribution < 1.29 is 8.42 Å². The van der Waals surface area contributed by atoms with Crippen molar-refractivity contribution in [3.63, 3.8) is 0 Å². The van der Waals surface area contributed by atoms with Gasteiger partial charge in [-0.05, 0) is 48.9 Å². The van der Waals surface area contributed by atoms with Crippen LogP contribution in [-0.4, -0.2) is 19.2 Å². The molecular formula is C18H17NO2S. The molecule has 1 heterocycles. The Hall–Kier alpha value is -2.33. The van der Waals surface area contributed by atoms with Crippen molar-refractivity contribution in [2.45, 2.75) is 11.8 Å². The quantitative estimate of drug-likeness (QED) is 0.737. The predicted octanol–water partition coefficient (Wildman–Crippen LogP) is 3.86. The fourth-order valence-corrected chi connectivity index (χ4v) is 3.05. The van der Waals surface area contributed by atoms with Gasteiger partial charge < -0.3 is 4.57 Å². The number of sulfone groups is 1. The molecule has 0 saturated heterocycles. The molecule has 3 aromatic rings. The maximum Gasteiger partial charge on any atom is 0.175 e. The van der Waals surface area contributed by atoms with Gasteiger partial charge in [0.1, 0.15) is 0 Å². The first-order valence-electron chi connectivity index (χ1n) is 7.00. The third-order valence-electron chi connectivity index (χ3n) is 3.64. The van der Waals surface area contributed by atoms with Gasteiger partial charge in [-0.2, -0.15) is 0 Å². The molecule has 0 aliphatic carbocycles. The van der Waals surface area contributed by atoms with Crippen LogP contribution in [0.4, 0.5) is 0 Å². The van der Waals surface area contributed by atoms with Crippen LogP contribution < -0.4 is 0 Å². The van der Waals surface area contributed by atoms with Gasteiger partial charge in [0.05, 0.1) is 10.6 Å². The van der Waals surface area contributed by atoms with E-state index in [-0.39, 0.29) is 0 Å². The van der Waals surface area contributed by atoms with E-state index in [9.17, 15) is 8.42 Å². The lowest BCUT2D eigenvalue weighted by atomic mass is 10.1. The molecule has 0 unspecified atom stereocenters. The van der Waals surface area contributed by atoms with Gasteiger partial charge in [0.2, 0.25) is 0 Å². The predicted molar refractivity (Wildman–Crippen MR) is 89.1 cm³/mol. The maximum absolute atomic E-state index is 11.5. The molecule has 0 bridgehead atoms. The highest BCUT2D eigenvalue weighted by atomic mass is 32.2. The van der Waals surface area contributed by atoms with Gasteiger partial charge in [-0.3, -0.25) is 0 Å². The molecule has 0 saturated carbocycles. The summed E-state index contributed by atoms with van der Waals surface area (Å²) in [6, 6.07) is 19.3. The zero-order valence-corrected chi connectivity index (χ0v) is 13.3. The molecule has 2 aromatic carbocycles. The minimum absolute atomic E-state index is 0.338. The van der Waals surface area contributed by atoms with Gasteiger partial charge in [-0.15, -0.1) is 0 Å². The first-order chi connectivity index (χ1) is 10.4. The monoisotopic (exact) mass is 311 g/mol. The van der Waals surface area contributed by atoms with Crippen LogP contribution in [0.15, 0.2) is 71.8 Å². The van der Waals surface area contributed by atoms with Gasteiger partial charge >= 0.3 is 0 Å². The van der Waals surface area contributed by atoms with Crippen molar-refractivity contribution in [1.82, 2.24) is 4.57 Å². The molecule has 0 aliphatic rings. The Morgan fingerprint density at radius 1 is 0.864 bits per heavy atom. The van der Waals surface area contributed by atoms with Crippen LogP contribution in [0.1, 0.15) is 5.56 Å². The number of aryl methyl sites for hydroxylation is 1. The SMILES string of the molecule is Cc1ccc(-n2cccc2-c2ccc(S(C)(=O)=O)cc2)cc1. The molecule has 22 heavy (non-hydrogen) atoms. The molecular weight excluding hydrogens is 294 g/mol. The van der Waals surface area contributed by atoms with Crippen molar-refractivity contribution in [3.8, 4) is 16.9 Å². The van der Waals surface area contributed by atoms with Gasteiger partial charge in [0, 0.05) is 18.1 Å². The number of hydrogen-bond acceptors (Lipinski definition) is 2. The third-order valence-corrected chi connectivity index (χ3v) is 4.77. The second kappa shape index (κ2) is 5.46. The van der Waals surface area contributed by atoms with Crippen molar-refractivity contribution in [2.24, 2.45) is 0 Å². The van der Waals surface area contributed by atoms with Crippen LogP contribution in [0.25, 0.3) is 16.9 Å². The highest BCUT2D eigenvalue weighted by Crippen LogP contribution is 2.25. The zero-order chi connectivity index (χ0) is 15.7. The molecule has 4 heteroatoms. The van der Waals surface area contributed by atoms with Gasteiger partial charge in [-0.1, -0.05) is 29.8 Å². The zero-order valence-electron chi connectivity index (χ0n) is 12.5. The molecule has 0 fully saturated rings. The maximum atomic E-state index is 11.5. The van der Waals surface area contributed by atoms with E-state index in [0.29, 0.717) is 4.90 Å². The fourth-order valence-electron chi connectivity index (χ4n) is 2.42. The van der Waals surface area contributed by atoms with Crippen LogP contribution in [0, 0.1) is 6.92 Å². The minimum Gasteiger partial charge on any atom is -0.317 e. The fraction of sp³-hybridized carbons (Fsp3) is 0.111.